The third kappa shape index (κ3) is 5.85. The smallest absolute Gasteiger partial charge is 0.0429 e. The van der Waals surface area contributed by atoms with Gasteiger partial charge in [-0.25, -0.2) is 0 Å². The highest BCUT2D eigenvalue weighted by Gasteiger charge is 2.17. The van der Waals surface area contributed by atoms with Crippen molar-refractivity contribution >= 4 is 17.3 Å². The fourth-order valence-corrected chi connectivity index (χ4v) is 2.78. The van der Waals surface area contributed by atoms with E-state index >= 15 is 0 Å². The average molecular weight is 312 g/mol. The van der Waals surface area contributed by atoms with Crippen LogP contribution in [0.3, 0.4) is 0 Å². The van der Waals surface area contributed by atoms with E-state index in [9.17, 15) is 0 Å². The number of rotatable bonds is 8. The molecular weight excluding hydrogens is 282 g/mol. The van der Waals surface area contributed by atoms with Crippen molar-refractivity contribution in [3.8, 4) is 0 Å². The zero-order chi connectivity index (χ0) is 16.0. The number of likely N-dealkylation sites (N-methyl/N-ethyl adjacent to an activating group) is 2. The van der Waals surface area contributed by atoms with Gasteiger partial charge in [-0.1, -0.05) is 31.5 Å². The predicted octanol–water partition coefficient (Wildman–Crippen LogP) is 3.61. The molecule has 1 unspecified atom stereocenters. The number of hydrogen-bond acceptors (Lipinski definition) is 3. The molecule has 1 aromatic carbocycles. The highest BCUT2D eigenvalue weighted by Crippen LogP contribution is 2.27. The molecule has 0 amide bonds. The van der Waals surface area contributed by atoms with Gasteiger partial charge in [-0.3, -0.25) is 0 Å². The molecule has 1 N–H and O–H groups in total. The Hall–Kier alpha value is -0.770. The molecule has 0 bridgehead atoms. The van der Waals surface area contributed by atoms with Gasteiger partial charge in [0.2, 0.25) is 0 Å². The maximum absolute atomic E-state index is 6.23. The molecule has 0 aliphatic rings. The second kappa shape index (κ2) is 8.62. The van der Waals surface area contributed by atoms with Crippen molar-refractivity contribution in [1.29, 1.82) is 0 Å². The third-order valence-electron chi connectivity index (χ3n) is 3.56. The molecule has 1 rings (SSSR count). The third-order valence-corrected chi connectivity index (χ3v) is 3.79. The fraction of sp³-hybridized carbons (Fsp3) is 0.647. The first-order valence-corrected chi connectivity index (χ1v) is 8.16. The van der Waals surface area contributed by atoms with E-state index in [0.29, 0.717) is 12.1 Å². The van der Waals surface area contributed by atoms with Gasteiger partial charge in [-0.15, -0.1) is 0 Å². The molecule has 0 radical (unpaired) electrons. The lowest BCUT2D eigenvalue weighted by atomic mass is 10.1. The van der Waals surface area contributed by atoms with Crippen LogP contribution in [0.15, 0.2) is 18.2 Å². The Morgan fingerprint density at radius 2 is 1.86 bits per heavy atom. The number of halogens is 1. The SMILES string of the molecule is CCN(c1cc(Cl)ccc1CNC(C)C)C(C)CN(C)C. The van der Waals surface area contributed by atoms with Crippen molar-refractivity contribution in [1.82, 2.24) is 10.2 Å². The Labute approximate surface area is 135 Å². The molecule has 1 aromatic rings. The summed E-state index contributed by atoms with van der Waals surface area (Å²) in [5, 5.41) is 4.30. The van der Waals surface area contributed by atoms with E-state index in [4.69, 9.17) is 11.6 Å². The van der Waals surface area contributed by atoms with Crippen molar-refractivity contribution in [3.63, 3.8) is 0 Å². The van der Waals surface area contributed by atoms with E-state index in [-0.39, 0.29) is 0 Å². The zero-order valence-electron chi connectivity index (χ0n) is 14.3. The zero-order valence-corrected chi connectivity index (χ0v) is 15.0. The number of nitrogens with one attached hydrogen (secondary N) is 1. The van der Waals surface area contributed by atoms with E-state index < -0.39 is 0 Å². The van der Waals surface area contributed by atoms with Crippen LogP contribution in [-0.4, -0.2) is 44.2 Å². The first-order chi connectivity index (χ1) is 9.85. The molecule has 0 saturated heterocycles. The van der Waals surface area contributed by atoms with E-state index in [2.05, 4.69) is 69.0 Å². The fourth-order valence-electron chi connectivity index (χ4n) is 2.61. The summed E-state index contributed by atoms with van der Waals surface area (Å²) in [6.45, 7) is 11.7. The normalized spacial score (nSPS) is 13.0. The quantitative estimate of drug-likeness (QED) is 0.791. The topological polar surface area (TPSA) is 18.5 Å². The van der Waals surface area contributed by atoms with Gasteiger partial charge in [0.05, 0.1) is 0 Å². The molecule has 0 aromatic heterocycles. The highest BCUT2D eigenvalue weighted by atomic mass is 35.5. The summed E-state index contributed by atoms with van der Waals surface area (Å²) in [4.78, 5) is 4.66. The Morgan fingerprint density at radius 3 is 2.38 bits per heavy atom. The van der Waals surface area contributed by atoms with Crippen LogP contribution in [0.4, 0.5) is 5.69 Å². The van der Waals surface area contributed by atoms with Crippen LogP contribution in [0, 0.1) is 0 Å². The largest absolute Gasteiger partial charge is 0.368 e. The van der Waals surface area contributed by atoms with E-state index in [1.807, 2.05) is 6.07 Å². The van der Waals surface area contributed by atoms with Crippen LogP contribution in [0.25, 0.3) is 0 Å². The molecule has 0 aliphatic carbocycles. The van der Waals surface area contributed by atoms with Gasteiger partial charge in [0.1, 0.15) is 0 Å². The molecule has 0 spiro atoms. The van der Waals surface area contributed by atoms with Gasteiger partial charge in [0.15, 0.2) is 0 Å². The van der Waals surface area contributed by atoms with Crippen LogP contribution in [0.2, 0.25) is 5.02 Å². The van der Waals surface area contributed by atoms with E-state index in [1.165, 1.54) is 11.3 Å². The van der Waals surface area contributed by atoms with Crippen LogP contribution >= 0.6 is 11.6 Å². The van der Waals surface area contributed by atoms with Gasteiger partial charge in [-0.05, 0) is 45.6 Å². The highest BCUT2D eigenvalue weighted by molar-refractivity contribution is 6.30. The lowest BCUT2D eigenvalue weighted by molar-refractivity contribution is 0.372. The first kappa shape index (κ1) is 18.3. The second-order valence-electron chi connectivity index (χ2n) is 6.21. The first-order valence-electron chi connectivity index (χ1n) is 7.78. The summed E-state index contributed by atoms with van der Waals surface area (Å²) in [7, 11) is 4.23. The van der Waals surface area contributed by atoms with E-state index in [1.54, 1.807) is 0 Å². The van der Waals surface area contributed by atoms with Gasteiger partial charge >= 0.3 is 0 Å². The number of anilines is 1. The summed E-state index contributed by atoms with van der Waals surface area (Å²) in [6, 6.07) is 7.13. The standard InChI is InChI=1S/C17H30ClN3/c1-7-21(14(4)12-20(5)6)17-10-16(18)9-8-15(17)11-19-13(2)3/h8-10,13-14,19H,7,11-12H2,1-6H3. The van der Waals surface area contributed by atoms with Crippen molar-refractivity contribution in [2.24, 2.45) is 0 Å². The molecular formula is C17H30ClN3. The summed E-state index contributed by atoms with van der Waals surface area (Å²) < 4.78 is 0. The Bertz CT molecular complexity index is 432. The minimum absolute atomic E-state index is 0.446. The summed E-state index contributed by atoms with van der Waals surface area (Å²) in [6.07, 6.45) is 0. The monoisotopic (exact) mass is 311 g/mol. The van der Waals surface area contributed by atoms with Gasteiger partial charge in [0, 0.05) is 42.4 Å². The number of benzene rings is 1. The minimum atomic E-state index is 0.446. The van der Waals surface area contributed by atoms with Crippen LogP contribution in [0.5, 0.6) is 0 Å². The van der Waals surface area contributed by atoms with Crippen LogP contribution < -0.4 is 10.2 Å². The van der Waals surface area contributed by atoms with Crippen molar-refractivity contribution in [2.75, 3.05) is 32.1 Å². The maximum atomic E-state index is 6.23. The summed E-state index contributed by atoms with van der Waals surface area (Å²) in [5.74, 6) is 0. The molecule has 0 saturated carbocycles. The molecule has 0 fully saturated rings. The molecule has 120 valence electrons. The Morgan fingerprint density at radius 1 is 1.19 bits per heavy atom. The van der Waals surface area contributed by atoms with Crippen molar-refractivity contribution < 1.29 is 0 Å². The summed E-state index contributed by atoms with van der Waals surface area (Å²) >= 11 is 6.23. The van der Waals surface area contributed by atoms with Gasteiger partial charge in [0.25, 0.3) is 0 Å². The second-order valence-corrected chi connectivity index (χ2v) is 6.64. The number of hydrogen-bond donors (Lipinski definition) is 1. The van der Waals surface area contributed by atoms with Gasteiger partial charge < -0.3 is 15.1 Å². The molecule has 3 nitrogen and oxygen atoms in total. The van der Waals surface area contributed by atoms with E-state index in [0.717, 1.165) is 24.7 Å². The minimum Gasteiger partial charge on any atom is -0.368 e. The molecule has 21 heavy (non-hydrogen) atoms. The summed E-state index contributed by atoms with van der Waals surface area (Å²) in [5.41, 5.74) is 2.55. The Kier molecular flexibility index (Phi) is 7.50. The maximum Gasteiger partial charge on any atom is 0.0429 e. The molecule has 0 aliphatic heterocycles. The molecule has 0 heterocycles. The Balaban J connectivity index is 3.02. The van der Waals surface area contributed by atoms with Crippen molar-refractivity contribution in [3.05, 3.63) is 28.8 Å². The van der Waals surface area contributed by atoms with Crippen LogP contribution in [0.1, 0.15) is 33.3 Å². The molecule has 4 heteroatoms. The predicted molar refractivity (Wildman–Crippen MR) is 94.5 cm³/mol. The van der Waals surface area contributed by atoms with Crippen molar-refractivity contribution in [2.45, 2.75) is 46.3 Å². The lowest BCUT2D eigenvalue weighted by Gasteiger charge is -2.34. The van der Waals surface area contributed by atoms with Gasteiger partial charge in [-0.2, -0.15) is 0 Å². The average Bonchev–Trinajstić information content (AvgIpc) is 2.37. The molecule has 1 atom stereocenters. The number of nitrogens with zero attached hydrogens (tertiary/aromatic N) is 2. The lowest BCUT2D eigenvalue weighted by Crippen LogP contribution is -2.40. The van der Waals surface area contributed by atoms with Crippen LogP contribution in [-0.2, 0) is 6.54 Å².